The summed E-state index contributed by atoms with van der Waals surface area (Å²) in [5, 5.41) is 5.44. The minimum absolute atomic E-state index is 0.351. The molecule has 0 bridgehead atoms. The van der Waals surface area contributed by atoms with Crippen molar-refractivity contribution in [1.82, 2.24) is 15.5 Å². The second-order valence-corrected chi connectivity index (χ2v) is 7.05. The standard InChI is InChI=1S/C20H23N3O4/c1-12-5-8-15(9-6-12)20(4)18(25)23(19(26)22-20)11-17(24)21-14(3)16-10-7-13(2)27-16/h5-10,14H,11H2,1-4H3,(H,21,24)(H,22,26). The zero-order valence-electron chi connectivity index (χ0n) is 15.8. The first-order chi connectivity index (χ1) is 12.7. The van der Waals surface area contributed by atoms with Gasteiger partial charge in [-0.25, -0.2) is 4.79 Å². The quantitative estimate of drug-likeness (QED) is 0.793. The van der Waals surface area contributed by atoms with E-state index < -0.39 is 23.4 Å². The lowest BCUT2D eigenvalue weighted by molar-refractivity contribution is -0.135. The first-order valence-electron chi connectivity index (χ1n) is 8.77. The second-order valence-electron chi connectivity index (χ2n) is 7.05. The summed E-state index contributed by atoms with van der Waals surface area (Å²) < 4.78 is 5.48. The minimum atomic E-state index is -1.19. The van der Waals surface area contributed by atoms with E-state index in [1.165, 1.54) is 0 Å². The first kappa shape index (κ1) is 18.7. The lowest BCUT2D eigenvalue weighted by Crippen LogP contribution is -2.43. The smallest absolute Gasteiger partial charge is 0.325 e. The molecule has 2 heterocycles. The van der Waals surface area contributed by atoms with Gasteiger partial charge in [0, 0.05) is 0 Å². The van der Waals surface area contributed by atoms with Crippen LogP contribution in [-0.4, -0.2) is 29.3 Å². The normalized spacial score (nSPS) is 20.5. The summed E-state index contributed by atoms with van der Waals surface area (Å²) >= 11 is 0. The van der Waals surface area contributed by atoms with E-state index in [2.05, 4.69) is 10.6 Å². The van der Waals surface area contributed by atoms with E-state index in [-0.39, 0.29) is 12.6 Å². The molecule has 27 heavy (non-hydrogen) atoms. The highest BCUT2D eigenvalue weighted by Crippen LogP contribution is 2.29. The molecule has 1 fully saturated rings. The lowest BCUT2D eigenvalue weighted by atomic mass is 9.91. The number of imide groups is 1. The third-order valence-corrected chi connectivity index (χ3v) is 4.77. The fraction of sp³-hybridized carbons (Fsp3) is 0.350. The number of hydrogen-bond donors (Lipinski definition) is 2. The number of carbonyl (C=O) groups is 3. The summed E-state index contributed by atoms with van der Waals surface area (Å²) in [7, 11) is 0. The minimum Gasteiger partial charge on any atom is -0.464 e. The molecular weight excluding hydrogens is 346 g/mol. The molecule has 7 heteroatoms. The van der Waals surface area contributed by atoms with Crippen LogP contribution in [-0.2, 0) is 15.1 Å². The number of furan rings is 1. The molecule has 2 atom stereocenters. The van der Waals surface area contributed by atoms with Crippen molar-refractivity contribution in [2.45, 2.75) is 39.3 Å². The molecule has 3 rings (SSSR count). The molecule has 2 N–H and O–H groups in total. The maximum atomic E-state index is 12.9. The van der Waals surface area contributed by atoms with Gasteiger partial charge in [0.25, 0.3) is 5.91 Å². The first-order valence-corrected chi connectivity index (χ1v) is 8.77. The van der Waals surface area contributed by atoms with E-state index in [1.807, 2.05) is 32.0 Å². The van der Waals surface area contributed by atoms with E-state index in [1.54, 1.807) is 32.0 Å². The average Bonchev–Trinajstić information content (AvgIpc) is 3.13. The number of carbonyl (C=O) groups excluding carboxylic acids is 3. The Labute approximate surface area is 157 Å². The topological polar surface area (TPSA) is 91.7 Å². The van der Waals surface area contributed by atoms with Gasteiger partial charge in [-0.15, -0.1) is 0 Å². The van der Waals surface area contributed by atoms with Gasteiger partial charge in [-0.05, 0) is 45.4 Å². The van der Waals surface area contributed by atoms with Crippen LogP contribution < -0.4 is 10.6 Å². The largest absolute Gasteiger partial charge is 0.464 e. The third kappa shape index (κ3) is 3.58. The van der Waals surface area contributed by atoms with Crippen LogP contribution in [0.3, 0.4) is 0 Å². The molecular formula is C20H23N3O4. The summed E-state index contributed by atoms with van der Waals surface area (Å²) in [5.41, 5.74) is 0.542. The van der Waals surface area contributed by atoms with E-state index in [9.17, 15) is 14.4 Å². The fourth-order valence-electron chi connectivity index (χ4n) is 3.11. The second kappa shape index (κ2) is 6.90. The van der Waals surface area contributed by atoms with Gasteiger partial charge in [-0.3, -0.25) is 14.5 Å². The van der Waals surface area contributed by atoms with E-state index in [4.69, 9.17) is 4.42 Å². The fourth-order valence-corrected chi connectivity index (χ4v) is 3.11. The molecule has 1 aromatic carbocycles. The highest BCUT2D eigenvalue weighted by molar-refractivity contribution is 6.09. The number of nitrogens with one attached hydrogen (secondary N) is 2. The van der Waals surface area contributed by atoms with Crippen molar-refractivity contribution in [3.8, 4) is 0 Å². The number of rotatable bonds is 5. The van der Waals surface area contributed by atoms with Crippen LogP contribution in [0.25, 0.3) is 0 Å². The number of nitrogens with zero attached hydrogens (tertiary/aromatic N) is 1. The zero-order chi connectivity index (χ0) is 19.8. The molecule has 0 saturated carbocycles. The van der Waals surface area contributed by atoms with E-state index in [0.717, 1.165) is 16.2 Å². The van der Waals surface area contributed by atoms with Crippen molar-refractivity contribution >= 4 is 17.8 Å². The maximum absolute atomic E-state index is 12.9. The highest BCUT2D eigenvalue weighted by Gasteiger charge is 2.49. The molecule has 1 aliphatic heterocycles. The summed E-state index contributed by atoms with van der Waals surface area (Å²) in [6.45, 7) is 6.83. The van der Waals surface area contributed by atoms with Gasteiger partial charge >= 0.3 is 6.03 Å². The molecule has 1 saturated heterocycles. The van der Waals surface area contributed by atoms with E-state index >= 15 is 0 Å². The average molecular weight is 369 g/mol. The number of benzene rings is 1. The monoisotopic (exact) mass is 369 g/mol. The Kier molecular flexibility index (Phi) is 4.78. The predicted octanol–water partition coefficient (Wildman–Crippen LogP) is 2.54. The van der Waals surface area contributed by atoms with Gasteiger partial charge in [0.1, 0.15) is 23.6 Å². The summed E-state index contributed by atoms with van der Waals surface area (Å²) in [6, 6.07) is 10.0. The Morgan fingerprint density at radius 3 is 2.44 bits per heavy atom. The molecule has 142 valence electrons. The summed E-state index contributed by atoms with van der Waals surface area (Å²) in [5.74, 6) is 0.470. The molecule has 0 aliphatic carbocycles. The SMILES string of the molecule is Cc1ccc(C2(C)NC(=O)N(CC(=O)NC(C)c3ccc(C)o3)C2=O)cc1. The van der Waals surface area contributed by atoms with Gasteiger partial charge in [-0.2, -0.15) is 0 Å². The van der Waals surface area contributed by atoms with Crippen LogP contribution in [0.15, 0.2) is 40.8 Å². The number of hydrogen-bond acceptors (Lipinski definition) is 4. The molecule has 2 unspecified atom stereocenters. The Morgan fingerprint density at radius 2 is 1.85 bits per heavy atom. The Hall–Kier alpha value is -3.09. The molecule has 7 nitrogen and oxygen atoms in total. The molecule has 1 aliphatic rings. The van der Waals surface area contributed by atoms with Crippen LogP contribution in [0.2, 0.25) is 0 Å². The van der Waals surface area contributed by atoms with Crippen molar-refractivity contribution in [2.75, 3.05) is 6.54 Å². The lowest BCUT2D eigenvalue weighted by Gasteiger charge is -2.22. The van der Waals surface area contributed by atoms with Crippen LogP contribution in [0.5, 0.6) is 0 Å². The van der Waals surface area contributed by atoms with Gasteiger partial charge < -0.3 is 15.1 Å². The maximum Gasteiger partial charge on any atom is 0.325 e. The summed E-state index contributed by atoms with van der Waals surface area (Å²) in [6.07, 6.45) is 0. The molecule has 1 aromatic heterocycles. The number of amides is 4. The van der Waals surface area contributed by atoms with E-state index in [0.29, 0.717) is 11.3 Å². The van der Waals surface area contributed by atoms with Crippen molar-refractivity contribution in [2.24, 2.45) is 0 Å². The van der Waals surface area contributed by atoms with Gasteiger partial charge in [0.15, 0.2) is 0 Å². The third-order valence-electron chi connectivity index (χ3n) is 4.77. The Balaban J connectivity index is 1.70. The van der Waals surface area contributed by atoms with Crippen LogP contribution in [0, 0.1) is 13.8 Å². The van der Waals surface area contributed by atoms with Crippen LogP contribution in [0.4, 0.5) is 4.79 Å². The Bertz CT molecular complexity index is 887. The van der Waals surface area contributed by atoms with Crippen LogP contribution in [0.1, 0.15) is 42.5 Å². The predicted molar refractivity (Wildman–Crippen MR) is 98.8 cm³/mol. The molecule has 4 amide bonds. The molecule has 0 radical (unpaired) electrons. The van der Waals surface area contributed by atoms with Gasteiger partial charge in [0.2, 0.25) is 5.91 Å². The van der Waals surface area contributed by atoms with Crippen molar-refractivity contribution in [3.05, 3.63) is 59.0 Å². The van der Waals surface area contributed by atoms with Crippen molar-refractivity contribution in [3.63, 3.8) is 0 Å². The van der Waals surface area contributed by atoms with Crippen molar-refractivity contribution < 1.29 is 18.8 Å². The van der Waals surface area contributed by atoms with Crippen LogP contribution >= 0.6 is 0 Å². The molecule has 2 aromatic rings. The summed E-state index contributed by atoms with van der Waals surface area (Å²) in [4.78, 5) is 38.5. The number of aryl methyl sites for hydroxylation is 2. The zero-order valence-corrected chi connectivity index (χ0v) is 15.8. The van der Waals surface area contributed by atoms with Gasteiger partial charge in [0.05, 0.1) is 6.04 Å². The highest BCUT2D eigenvalue weighted by atomic mass is 16.3. The van der Waals surface area contributed by atoms with Crippen molar-refractivity contribution in [1.29, 1.82) is 0 Å². The van der Waals surface area contributed by atoms with Gasteiger partial charge in [-0.1, -0.05) is 29.8 Å². The molecule has 0 spiro atoms. The number of urea groups is 1. The Morgan fingerprint density at radius 1 is 1.19 bits per heavy atom.